The Kier molecular flexibility index (Phi) is 35.5. The molecule has 53 heavy (non-hydrogen) atoms. The maximum absolute atomic E-state index is 12.6. The molecule has 0 bridgehead atoms. The summed E-state index contributed by atoms with van der Waals surface area (Å²) in [6.07, 6.45) is 36.7. The summed E-state index contributed by atoms with van der Waals surface area (Å²) in [5.41, 5.74) is 0. The second kappa shape index (κ2) is 36.4. The van der Waals surface area contributed by atoms with E-state index in [9.17, 15) is 19.0 Å². The van der Waals surface area contributed by atoms with Crippen molar-refractivity contribution in [2.75, 3.05) is 47.5 Å². The molecule has 0 aromatic rings. The van der Waals surface area contributed by atoms with Gasteiger partial charge in [-0.2, -0.15) is 0 Å². The van der Waals surface area contributed by atoms with E-state index < -0.39 is 26.5 Å². The minimum absolute atomic E-state index is 0.0333. The molecule has 0 N–H and O–H groups in total. The lowest BCUT2D eigenvalue weighted by Crippen LogP contribution is -2.37. The Morgan fingerprint density at radius 3 is 1.47 bits per heavy atom. The lowest BCUT2D eigenvalue weighted by Gasteiger charge is -2.28. The molecule has 10 heteroatoms. The third-order valence-corrected chi connectivity index (χ3v) is 10.5. The van der Waals surface area contributed by atoms with Crippen molar-refractivity contribution in [1.29, 1.82) is 0 Å². The Morgan fingerprint density at radius 1 is 0.566 bits per heavy atom. The first-order valence-electron chi connectivity index (χ1n) is 21.9. The van der Waals surface area contributed by atoms with Gasteiger partial charge in [-0.1, -0.05) is 174 Å². The third kappa shape index (κ3) is 40.2. The first kappa shape index (κ1) is 51.8. The monoisotopic (exact) mass is 774 g/mol. The number of carbonyl (C=O) groups excluding carboxylic acids is 2. The van der Waals surface area contributed by atoms with Crippen LogP contribution in [0.15, 0.2) is 12.2 Å². The van der Waals surface area contributed by atoms with Gasteiger partial charge in [0.1, 0.15) is 19.8 Å². The highest BCUT2D eigenvalue weighted by Crippen LogP contribution is 2.38. The Morgan fingerprint density at radius 2 is 1.00 bits per heavy atom. The number of carbonyl (C=O) groups is 2. The average molecular weight is 774 g/mol. The van der Waals surface area contributed by atoms with Crippen molar-refractivity contribution in [3.05, 3.63) is 12.2 Å². The summed E-state index contributed by atoms with van der Waals surface area (Å²) in [6, 6.07) is 0. The number of esters is 2. The Labute approximate surface area is 326 Å². The number of unbranched alkanes of at least 4 members (excludes halogenated alkanes) is 24. The van der Waals surface area contributed by atoms with Crippen LogP contribution >= 0.6 is 7.82 Å². The van der Waals surface area contributed by atoms with Gasteiger partial charge in [0.15, 0.2) is 6.10 Å². The van der Waals surface area contributed by atoms with Crippen molar-refractivity contribution in [2.24, 2.45) is 0 Å². The van der Waals surface area contributed by atoms with E-state index in [1.54, 1.807) is 0 Å². The Balaban J connectivity index is 4.38. The van der Waals surface area contributed by atoms with Crippen LogP contribution in [0.3, 0.4) is 0 Å². The van der Waals surface area contributed by atoms with Gasteiger partial charge in [-0.15, -0.1) is 0 Å². The summed E-state index contributed by atoms with van der Waals surface area (Å²) < 4.78 is 33.8. The number of allylic oxidation sites excluding steroid dienone is 2. The molecule has 0 fully saturated rings. The van der Waals surface area contributed by atoms with Crippen molar-refractivity contribution in [3.63, 3.8) is 0 Å². The minimum atomic E-state index is -4.63. The first-order chi connectivity index (χ1) is 25.5. The van der Waals surface area contributed by atoms with E-state index in [0.717, 1.165) is 32.1 Å². The molecule has 0 rings (SSSR count). The van der Waals surface area contributed by atoms with E-state index in [0.29, 0.717) is 17.4 Å². The molecule has 0 aromatic heterocycles. The van der Waals surface area contributed by atoms with Crippen LogP contribution in [0.5, 0.6) is 0 Å². The number of rotatable bonds is 40. The van der Waals surface area contributed by atoms with Crippen LogP contribution in [0.2, 0.25) is 0 Å². The molecule has 1 unspecified atom stereocenters. The zero-order chi connectivity index (χ0) is 39.3. The average Bonchev–Trinajstić information content (AvgIpc) is 3.10. The number of hydrogen-bond donors (Lipinski definition) is 0. The highest BCUT2D eigenvalue weighted by atomic mass is 31.2. The van der Waals surface area contributed by atoms with Crippen LogP contribution in [0.25, 0.3) is 0 Å². The summed E-state index contributed by atoms with van der Waals surface area (Å²) in [6.45, 7) is 4.20. The van der Waals surface area contributed by atoms with E-state index in [4.69, 9.17) is 18.5 Å². The smallest absolute Gasteiger partial charge is 0.306 e. The Bertz CT molecular complexity index is 922. The normalized spacial score (nSPS) is 13.7. The number of ether oxygens (including phenoxy) is 2. The number of phosphoric ester groups is 1. The molecular formula is C43H84NO8P. The fourth-order valence-corrected chi connectivity index (χ4v) is 6.81. The molecule has 0 aliphatic rings. The van der Waals surface area contributed by atoms with E-state index >= 15 is 0 Å². The summed E-state index contributed by atoms with van der Waals surface area (Å²) in [7, 11) is 1.16. The minimum Gasteiger partial charge on any atom is -0.756 e. The van der Waals surface area contributed by atoms with Crippen molar-refractivity contribution in [1.82, 2.24) is 0 Å². The van der Waals surface area contributed by atoms with E-state index in [1.165, 1.54) is 135 Å². The molecule has 0 aliphatic heterocycles. The van der Waals surface area contributed by atoms with E-state index in [2.05, 4.69) is 19.9 Å². The fraction of sp³-hybridized carbons (Fsp3) is 0.907. The summed E-state index contributed by atoms with van der Waals surface area (Å²) >= 11 is 0. The van der Waals surface area contributed by atoms with Gasteiger partial charge in [-0.25, -0.2) is 0 Å². The molecule has 0 heterocycles. The molecule has 0 amide bonds. The van der Waals surface area contributed by atoms with Crippen LogP contribution in [0.1, 0.15) is 200 Å². The van der Waals surface area contributed by atoms with Gasteiger partial charge in [0.25, 0.3) is 7.82 Å². The van der Waals surface area contributed by atoms with Crippen molar-refractivity contribution in [2.45, 2.75) is 206 Å². The number of quaternary nitrogens is 1. The predicted octanol–water partition coefficient (Wildman–Crippen LogP) is 11.6. The molecule has 0 saturated carbocycles. The molecule has 0 spiro atoms. The van der Waals surface area contributed by atoms with Crippen LogP contribution in [0, 0.1) is 0 Å². The molecule has 0 aliphatic carbocycles. The van der Waals surface area contributed by atoms with Gasteiger partial charge in [-0.05, 0) is 25.7 Å². The first-order valence-corrected chi connectivity index (χ1v) is 23.4. The van der Waals surface area contributed by atoms with Crippen LogP contribution in [-0.4, -0.2) is 70.0 Å². The van der Waals surface area contributed by atoms with Crippen molar-refractivity contribution >= 4 is 19.8 Å². The molecule has 9 nitrogen and oxygen atoms in total. The SMILES string of the molecule is CCCCCCCCCCCCC/C=C/CCC(=O)O[C@H](COC(=O)CCCCCCCCCCCCCCCC)COP(=O)([O-])OCC[N+](C)(C)C. The van der Waals surface area contributed by atoms with Crippen molar-refractivity contribution < 1.29 is 42.1 Å². The number of hydrogen-bond acceptors (Lipinski definition) is 8. The van der Waals surface area contributed by atoms with Gasteiger partial charge in [0.2, 0.25) is 0 Å². The predicted molar refractivity (Wildman–Crippen MR) is 218 cm³/mol. The lowest BCUT2D eigenvalue weighted by molar-refractivity contribution is -0.870. The molecule has 2 atom stereocenters. The topological polar surface area (TPSA) is 111 Å². The second-order valence-electron chi connectivity index (χ2n) is 16.1. The standard InChI is InChI=1S/C43H84NO8P/c1-6-8-10-12-14-16-18-20-22-24-26-28-30-32-34-36-43(46)52-41(40-51-53(47,48)50-38-37-44(3,4)5)39-49-42(45)35-33-31-29-27-25-23-21-19-17-15-13-11-9-7-2/h30,32,41H,6-29,31,33-40H2,1-5H3/b32-30+/t41-/m1/s1. The number of nitrogens with zero attached hydrogens (tertiary/aromatic N) is 1. The van der Waals surface area contributed by atoms with Crippen molar-refractivity contribution in [3.8, 4) is 0 Å². The van der Waals surface area contributed by atoms with Gasteiger partial charge < -0.3 is 27.9 Å². The molecule has 0 saturated heterocycles. The largest absolute Gasteiger partial charge is 0.756 e. The van der Waals surface area contributed by atoms with Gasteiger partial charge in [-0.3, -0.25) is 14.2 Å². The van der Waals surface area contributed by atoms with Gasteiger partial charge in [0.05, 0.1) is 27.7 Å². The Hall–Kier alpha value is -1.25. The molecular weight excluding hydrogens is 689 g/mol. The van der Waals surface area contributed by atoms with Gasteiger partial charge >= 0.3 is 11.9 Å². The second-order valence-corrected chi connectivity index (χ2v) is 17.5. The van der Waals surface area contributed by atoms with E-state index in [-0.39, 0.29) is 32.0 Å². The van der Waals surface area contributed by atoms with Crippen LogP contribution < -0.4 is 4.89 Å². The number of phosphoric acid groups is 1. The maximum atomic E-state index is 12.6. The molecule has 0 aromatic carbocycles. The third-order valence-electron chi connectivity index (χ3n) is 9.55. The summed E-state index contributed by atoms with van der Waals surface area (Å²) in [5.74, 6) is -0.882. The fourth-order valence-electron chi connectivity index (χ4n) is 6.08. The summed E-state index contributed by atoms with van der Waals surface area (Å²) in [4.78, 5) is 37.4. The molecule has 314 valence electrons. The van der Waals surface area contributed by atoms with Gasteiger partial charge in [0, 0.05) is 12.8 Å². The highest BCUT2D eigenvalue weighted by Gasteiger charge is 2.21. The zero-order valence-electron chi connectivity index (χ0n) is 35.2. The van der Waals surface area contributed by atoms with Crippen LogP contribution in [0.4, 0.5) is 0 Å². The highest BCUT2D eigenvalue weighted by molar-refractivity contribution is 7.45. The quantitative estimate of drug-likeness (QED) is 0.0199. The van der Waals surface area contributed by atoms with E-state index in [1.807, 2.05) is 27.2 Å². The van der Waals surface area contributed by atoms with Crippen LogP contribution in [-0.2, 0) is 32.7 Å². The molecule has 0 radical (unpaired) electrons. The summed E-state index contributed by atoms with van der Waals surface area (Å²) in [5, 5.41) is 0. The lowest BCUT2D eigenvalue weighted by atomic mass is 10.0. The number of likely N-dealkylation sites (N-methyl/N-ethyl adjacent to an activating group) is 1. The maximum Gasteiger partial charge on any atom is 0.306 e. The zero-order valence-corrected chi connectivity index (χ0v) is 36.1.